The Hall–Kier alpha value is -2.30. The van der Waals surface area contributed by atoms with Gasteiger partial charge in [-0.1, -0.05) is 116 Å². The molecule has 1 aliphatic rings. The Labute approximate surface area is 230 Å². The first-order valence-corrected chi connectivity index (χ1v) is 15.4. The first-order chi connectivity index (χ1) is 18.6. The van der Waals surface area contributed by atoms with Crippen LogP contribution in [0.3, 0.4) is 0 Å². The Balaban J connectivity index is 1.69. The van der Waals surface area contributed by atoms with Crippen LogP contribution in [-0.4, -0.2) is 30.1 Å². The van der Waals surface area contributed by atoms with Crippen LogP contribution in [0.15, 0.2) is 30.5 Å². The van der Waals surface area contributed by atoms with E-state index in [0.29, 0.717) is 0 Å². The van der Waals surface area contributed by atoms with Gasteiger partial charge in [-0.25, -0.2) is 0 Å². The Morgan fingerprint density at radius 2 is 1.55 bits per heavy atom. The number of esters is 2. The van der Waals surface area contributed by atoms with Crippen LogP contribution in [0.5, 0.6) is 0 Å². The van der Waals surface area contributed by atoms with Gasteiger partial charge in [-0.3, -0.25) is 9.59 Å². The maximum absolute atomic E-state index is 13.3. The number of aromatic nitrogens is 1. The molecular formula is C33H51NO4. The number of fused-ring (bicyclic) bond motifs is 1. The van der Waals surface area contributed by atoms with Gasteiger partial charge >= 0.3 is 11.9 Å². The lowest BCUT2D eigenvalue weighted by molar-refractivity contribution is -0.187. The van der Waals surface area contributed by atoms with E-state index in [9.17, 15) is 9.59 Å². The molecule has 38 heavy (non-hydrogen) atoms. The van der Waals surface area contributed by atoms with Crippen LogP contribution in [0.25, 0.3) is 10.9 Å². The summed E-state index contributed by atoms with van der Waals surface area (Å²) in [7, 11) is 1.49. The minimum Gasteiger partial charge on any atom is -0.469 e. The van der Waals surface area contributed by atoms with Crippen molar-refractivity contribution < 1.29 is 19.1 Å². The molecular weight excluding hydrogens is 474 g/mol. The summed E-state index contributed by atoms with van der Waals surface area (Å²) in [5.41, 5.74) is 2.03. The fraction of sp³-hybridized carbons (Fsp3) is 0.697. The number of carbonyl (C=O) groups excluding carboxylic acids is 2. The van der Waals surface area contributed by atoms with Gasteiger partial charge in [0, 0.05) is 17.1 Å². The van der Waals surface area contributed by atoms with Crippen LogP contribution in [0, 0.1) is 11.8 Å². The molecule has 2 heterocycles. The van der Waals surface area contributed by atoms with Crippen LogP contribution in [-0.2, 0) is 19.1 Å². The minimum atomic E-state index is -0.370. The molecule has 1 aromatic carbocycles. The van der Waals surface area contributed by atoms with Gasteiger partial charge in [0.1, 0.15) is 6.10 Å². The van der Waals surface area contributed by atoms with Crippen molar-refractivity contribution in [1.29, 1.82) is 0 Å². The first-order valence-electron chi connectivity index (χ1n) is 15.4. The van der Waals surface area contributed by atoms with Crippen LogP contribution >= 0.6 is 0 Å². The summed E-state index contributed by atoms with van der Waals surface area (Å²) in [5.74, 6) is -0.581. The van der Waals surface area contributed by atoms with E-state index in [2.05, 4.69) is 24.9 Å². The maximum Gasteiger partial charge on any atom is 0.313 e. The molecule has 0 radical (unpaired) electrons. The van der Waals surface area contributed by atoms with Gasteiger partial charge in [-0.2, -0.15) is 0 Å². The number of para-hydroxylation sites is 1. The molecule has 0 saturated carbocycles. The number of rotatable bonds is 20. The monoisotopic (exact) mass is 525 g/mol. The van der Waals surface area contributed by atoms with E-state index in [1.807, 2.05) is 24.4 Å². The number of ether oxygens (including phenoxy) is 2. The molecule has 212 valence electrons. The molecule has 1 N–H and O–H groups in total. The zero-order valence-electron chi connectivity index (χ0n) is 24.1. The number of hydrogen-bond donors (Lipinski definition) is 1. The fourth-order valence-electron chi connectivity index (χ4n) is 6.19. The molecule has 1 aromatic heterocycles. The molecule has 0 aliphatic carbocycles. The van der Waals surface area contributed by atoms with Crippen molar-refractivity contribution in [3.05, 3.63) is 36.0 Å². The van der Waals surface area contributed by atoms with E-state index >= 15 is 0 Å². The summed E-state index contributed by atoms with van der Waals surface area (Å²) in [6.45, 7) is 4.46. The quantitative estimate of drug-likeness (QED) is 0.138. The second-order valence-corrected chi connectivity index (χ2v) is 11.3. The summed E-state index contributed by atoms with van der Waals surface area (Å²) in [6, 6.07) is 8.14. The van der Waals surface area contributed by atoms with Crippen LogP contribution in [0.1, 0.15) is 128 Å². The molecule has 2 aromatic rings. The van der Waals surface area contributed by atoms with E-state index in [-0.39, 0.29) is 35.8 Å². The first kappa shape index (κ1) is 30.2. The van der Waals surface area contributed by atoms with Crippen molar-refractivity contribution in [3.63, 3.8) is 0 Å². The van der Waals surface area contributed by atoms with Crippen LogP contribution < -0.4 is 0 Å². The van der Waals surface area contributed by atoms with Gasteiger partial charge < -0.3 is 14.5 Å². The van der Waals surface area contributed by atoms with Crippen molar-refractivity contribution in [2.45, 2.75) is 129 Å². The van der Waals surface area contributed by atoms with Crippen molar-refractivity contribution in [3.8, 4) is 0 Å². The Kier molecular flexibility index (Phi) is 13.2. The highest BCUT2D eigenvalue weighted by Crippen LogP contribution is 2.41. The number of hydrogen-bond acceptors (Lipinski definition) is 4. The van der Waals surface area contributed by atoms with E-state index in [0.717, 1.165) is 55.0 Å². The average Bonchev–Trinajstić information content (AvgIpc) is 3.35. The van der Waals surface area contributed by atoms with Crippen LogP contribution in [0.4, 0.5) is 0 Å². The highest BCUT2D eigenvalue weighted by atomic mass is 16.6. The summed E-state index contributed by atoms with van der Waals surface area (Å²) >= 11 is 0. The highest BCUT2D eigenvalue weighted by molar-refractivity contribution is 5.90. The second-order valence-electron chi connectivity index (χ2n) is 11.3. The predicted molar refractivity (Wildman–Crippen MR) is 155 cm³/mol. The zero-order valence-corrected chi connectivity index (χ0v) is 24.1. The minimum absolute atomic E-state index is 0.0289. The summed E-state index contributed by atoms with van der Waals surface area (Å²) in [4.78, 5) is 29.0. The number of cyclic esters (lactones) is 1. The fourth-order valence-corrected chi connectivity index (χ4v) is 6.19. The summed E-state index contributed by atoms with van der Waals surface area (Å²) in [5, 5.41) is 1.07. The molecule has 1 fully saturated rings. The smallest absolute Gasteiger partial charge is 0.313 e. The van der Waals surface area contributed by atoms with Crippen molar-refractivity contribution >= 4 is 22.8 Å². The zero-order chi connectivity index (χ0) is 27.2. The van der Waals surface area contributed by atoms with E-state index in [4.69, 9.17) is 9.47 Å². The molecule has 3 rings (SSSR count). The molecule has 1 saturated heterocycles. The van der Waals surface area contributed by atoms with E-state index in [1.54, 1.807) is 0 Å². The third-order valence-electron chi connectivity index (χ3n) is 8.48. The van der Waals surface area contributed by atoms with Crippen molar-refractivity contribution in [2.75, 3.05) is 7.11 Å². The maximum atomic E-state index is 13.3. The lowest BCUT2D eigenvalue weighted by Gasteiger charge is -2.39. The molecule has 5 heteroatoms. The summed E-state index contributed by atoms with van der Waals surface area (Å²) in [6.07, 6.45) is 20.5. The SMILES string of the molecule is CCCCCCCCCCCC(C[C@@H]1OC(=O)[C@H]1CCCCCC)[C@H](C(=O)OC)c1c[nH]c2ccccc12. The third-order valence-corrected chi connectivity index (χ3v) is 8.48. The van der Waals surface area contributed by atoms with E-state index in [1.165, 1.54) is 71.3 Å². The van der Waals surface area contributed by atoms with Gasteiger partial charge in [0.15, 0.2) is 0 Å². The largest absolute Gasteiger partial charge is 0.469 e. The third kappa shape index (κ3) is 8.61. The summed E-state index contributed by atoms with van der Waals surface area (Å²) < 4.78 is 11.1. The van der Waals surface area contributed by atoms with Crippen LogP contribution in [0.2, 0.25) is 0 Å². The molecule has 0 bridgehead atoms. The number of carbonyl (C=O) groups is 2. The Bertz CT molecular complexity index is 967. The van der Waals surface area contributed by atoms with Crippen molar-refractivity contribution in [2.24, 2.45) is 11.8 Å². The van der Waals surface area contributed by atoms with Crippen molar-refractivity contribution in [1.82, 2.24) is 4.98 Å². The molecule has 4 atom stereocenters. The molecule has 0 amide bonds. The Morgan fingerprint density at radius 1 is 0.921 bits per heavy atom. The number of nitrogens with one attached hydrogen (secondary N) is 1. The van der Waals surface area contributed by atoms with Gasteiger partial charge in [0.2, 0.25) is 0 Å². The average molecular weight is 526 g/mol. The van der Waals surface area contributed by atoms with Gasteiger partial charge in [0.25, 0.3) is 0 Å². The number of unbranched alkanes of at least 4 members (excludes halogenated alkanes) is 11. The Morgan fingerprint density at radius 3 is 2.21 bits per heavy atom. The predicted octanol–water partition coefficient (Wildman–Crippen LogP) is 8.86. The molecule has 1 aliphatic heterocycles. The number of methoxy groups -OCH3 is 1. The number of H-pyrrole nitrogens is 1. The molecule has 1 unspecified atom stereocenters. The molecule has 5 nitrogen and oxygen atoms in total. The normalized spacial score (nSPS) is 18.7. The standard InChI is InChI=1S/C33H51NO4/c1-4-6-8-10-11-12-13-14-15-19-25(23-30-27(32(35)38-30)21-16-9-7-5-2)31(33(36)37-3)28-24-34-29-22-18-17-20-26(28)29/h17-18,20,22,24-25,27,30-31,34H,4-16,19,21,23H2,1-3H3/t25?,27-,30-,31-/m0/s1. The van der Waals surface area contributed by atoms with Gasteiger partial charge in [-0.15, -0.1) is 0 Å². The highest BCUT2D eigenvalue weighted by Gasteiger charge is 2.45. The number of aromatic amines is 1. The lowest BCUT2D eigenvalue weighted by atomic mass is 9.75. The topological polar surface area (TPSA) is 68.4 Å². The van der Waals surface area contributed by atoms with Gasteiger partial charge in [-0.05, 0) is 36.8 Å². The lowest BCUT2D eigenvalue weighted by Crippen LogP contribution is -2.46. The van der Waals surface area contributed by atoms with Gasteiger partial charge in [0.05, 0.1) is 18.9 Å². The van der Waals surface area contributed by atoms with E-state index < -0.39 is 0 Å². The number of benzene rings is 1. The second kappa shape index (κ2) is 16.6. The molecule has 0 spiro atoms.